The lowest BCUT2D eigenvalue weighted by molar-refractivity contribution is -0.139. The van der Waals surface area contributed by atoms with Crippen LogP contribution in [0.4, 0.5) is 0 Å². The first-order chi connectivity index (χ1) is 10.2. The fourth-order valence-electron chi connectivity index (χ4n) is 3.69. The maximum Gasteiger partial charge on any atom is 0.230 e. The Morgan fingerprint density at radius 2 is 2.29 bits per heavy atom. The summed E-state index contributed by atoms with van der Waals surface area (Å²) >= 11 is 0. The molecule has 5 heteroatoms. The summed E-state index contributed by atoms with van der Waals surface area (Å²) in [5.41, 5.74) is 1.03. The number of hydrogen-bond acceptors (Lipinski definition) is 4. The van der Waals surface area contributed by atoms with Crippen molar-refractivity contribution in [2.75, 3.05) is 39.9 Å². The molecule has 116 valence electrons. The average molecular weight is 292 g/mol. The summed E-state index contributed by atoms with van der Waals surface area (Å²) < 4.78 is 10.2. The molecule has 2 fully saturated rings. The molecule has 0 unspecified atom stereocenters. The number of nitrogens with zero attached hydrogens (tertiary/aromatic N) is 2. The van der Waals surface area contributed by atoms with Crippen molar-refractivity contribution >= 4 is 5.91 Å². The van der Waals surface area contributed by atoms with E-state index in [1.54, 1.807) is 19.6 Å². The minimum Gasteiger partial charge on any atom is -0.472 e. The number of ether oxygens (including phenoxy) is 1. The van der Waals surface area contributed by atoms with Crippen molar-refractivity contribution < 1.29 is 13.9 Å². The highest BCUT2D eigenvalue weighted by molar-refractivity contribution is 5.85. The van der Waals surface area contributed by atoms with Crippen molar-refractivity contribution in [3.63, 3.8) is 0 Å². The highest BCUT2D eigenvalue weighted by Gasteiger charge is 2.48. The molecule has 3 rings (SSSR count). The van der Waals surface area contributed by atoms with E-state index >= 15 is 0 Å². The molecule has 1 aromatic rings. The van der Waals surface area contributed by atoms with Gasteiger partial charge in [-0.05, 0) is 31.9 Å². The summed E-state index contributed by atoms with van der Waals surface area (Å²) in [5, 5.41) is 0. The number of methoxy groups -OCH3 is 1. The summed E-state index contributed by atoms with van der Waals surface area (Å²) in [6, 6.07) is 2.00. The molecule has 0 saturated carbocycles. The van der Waals surface area contributed by atoms with Gasteiger partial charge in [0.25, 0.3) is 0 Å². The van der Waals surface area contributed by atoms with Gasteiger partial charge in [0, 0.05) is 38.9 Å². The van der Waals surface area contributed by atoms with Crippen molar-refractivity contribution in [2.45, 2.75) is 25.8 Å². The standard InChI is InChI=1S/C16H24N2O3/c1-20-10-8-18-7-5-16(15(18)19)4-2-6-17(13-16)11-14-3-9-21-12-14/h3,9,12H,2,4-8,10-11,13H2,1H3/t16-/m1/s1. The van der Waals surface area contributed by atoms with Crippen LogP contribution in [0.1, 0.15) is 24.8 Å². The number of carbonyl (C=O) groups excluding carboxylic acids is 1. The number of carbonyl (C=O) groups is 1. The lowest BCUT2D eigenvalue weighted by Crippen LogP contribution is -2.47. The van der Waals surface area contributed by atoms with Gasteiger partial charge >= 0.3 is 0 Å². The molecule has 1 spiro atoms. The Hall–Kier alpha value is -1.33. The highest BCUT2D eigenvalue weighted by Crippen LogP contribution is 2.40. The molecule has 0 N–H and O–H groups in total. The van der Waals surface area contributed by atoms with Crippen molar-refractivity contribution in [3.8, 4) is 0 Å². The maximum atomic E-state index is 12.8. The van der Waals surface area contributed by atoms with Gasteiger partial charge in [-0.25, -0.2) is 0 Å². The molecule has 5 nitrogen and oxygen atoms in total. The van der Waals surface area contributed by atoms with Crippen LogP contribution in [0.5, 0.6) is 0 Å². The number of rotatable bonds is 5. The third-order valence-corrected chi connectivity index (χ3v) is 4.81. The average Bonchev–Trinajstić information content (AvgIpc) is 3.09. The van der Waals surface area contributed by atoms with E-state index in [1.807, 2.05) is 11.0 Å². The van der Waals surface area contributed by atoms with E-state index in [0.717, 1.165) is 52.0 Å². The molecule has 0 bridgehead atoms. The van der Waals surface area contributed by atoms with Gasteiger partial charge < -0.3 is 14.1 Å². The van der Waals surface area contributed by atoms with E-state index in [9.17, 15) is 4.79 Å². The number of furan rings is 1. The van der Waals surface area contributed by atoms with Crippen molar-refractivity contribution in [3.05, 3.63) is 24.2 Å². The summed E-state index contributed by atoms with van der Waals surface area (Å²) in [6.45, 7) is 5.05. The van der Waals surface area contributed by atoms with E-state index in [2.05, 4.69) is 4.90 Å². The van der Waals surface area contributed by atoms with Gasteiger partial charge in [-0.1, -0.05) is 0 Å². The summed E-state index contributed by atoms with van der Waals surface area (Å²) in [5.74, 6) is 0.330. The van der Waals surface area contributed by atoms with Gasteiger partial charge in [0.2, 0.25) is 5.91 Å². The monoisotopic (exact) mass is 292 g/mol. The van der Waals surface area contributed by atoms with Crippen molar-refractivity contribution in [1.29, 1.82) is 0 Å². The molecule has 0 aliphatic carbocycles. The van der Waals surface area contributed by atoms with Crippen LogP contribution in [0.3, 0.4) is 0 Å². The first-order valence-corrected chi connectivity index (χ1v) is 7.75. The van der Waals surface area contributed by atoms with Crippen LogP contribution in [-0.2, 0) is 16.1 Å². The van der Waals surface area contributed by atoms with Gasteiger partial charge in [-0.3, -0.25) is 9.69 Å². The minimum absolute atomic E-state index is 0.157. The minimum atomic E-state index is -0.157. The predicted octanol–water partition coefficient (Wildman–Crippen LogP) is 1.74. The molecule has 0 radical (unpaired) electrons. The van der Waals surface area contributed by atoms with Crippen LogP contribution in [0, 0.1) is 5.41 Å². The maximum absolute atomic E-state index is 12.8. The van der Waals surface area contributed by atoms with Gasteiger partial charge in [0.15, 0.2) is 0 Å². The van der Waals surface area contributed by atoms with E-state index in [0.29, 0.717) is 12.5 Å². The van der Waals surface area contributed by atoms with E-state index in [-0.39, 0.29) is 5.41 Å². The molecule has 21 heavy (non-hydrogen) atoms. The SMILES string of the molecule is COCCN1CC[C@@]2(CCCN(Cc3ccoc3)C2)C1=O. The highest BCUT2D eigenvalue weighted by atomic mass is 16.5. The summed E-state index contributed by atoms with van der Waals surface area (Å²) in [4.78, 5) is 17.1. The fourth-order valence-corrected chi connectivity index (χ4v) is 3.69. The Balaban J connectivity index is 1.63. The Bertz CT molecular complexity index is 474. The molecule has 2 aliphatic heterocycles. The van der Waals surface area contributed by atoms with Crippen LogP contribution in [-0.4, -0.2) is 55.6 Å². The number of likely N-dealkylation sites (tertiary alicyclic amines) is 2. The van der Waals surface area contributed by atoms with E-state index < -0.39 is 0 Å². The predicted molar refractivity (Wildman–Crippen MR) is 78.7 cm³/mol. The second kappa shape index (κ2) is 6.20. The topological polar surface area (TPSA) is 45.9 Å². The van der Waals surface area contributed by atoms with Crippen LogP contribution in [0.2, 0.25) is 0 Å². The molecule has 1 amide bonds. The van der Waals surface area contributed by atoms with Gasteiger partial charge in [0.05, 0.1) is 24.5 Å². The quantitative estimate of drug-likeness (QED) is 0.829. The lowest BCUT2D eigenvalue weighted by atomic mass is 9.78. The zero-order chi connectivity index (χ0) is 14.7. The second-order valence-electron chi connectivity index (χ2n) is 6.26. The smallest absolute Gasteiger partial charge is 0.230 e. The zero-order valence-electron chi connectivity index (χ0n) is 12.7. The van der Waals surface area contributed by atoms with E-state index in [1.165, 1.54) is 5.56 Å². The van der Waals surface area contributed by atoms with Crippen molar-refractivity contribution in [1.82, 2.24) is 9.80 Å². The number of hydrogen-bond donors (Lipinski definition) is 0. The Kier molecular flexibility index (Phi) is 4.31. The van der Waals surface area contributed by atoms with Crippen LogP contribution in [0.15, 0.2) is 23.0 Å². The third-order valence-electron chi connectivity index (χ3n) is 4.81. The fraction of sp³-hybridized carbons (Fsp3) is 0.688. The van der Waals surface area contributed by atoms with E-state index in [4.69, 9.17) is 9.15 Å². The van der Waals surface area contributed by atoms with Gasteiger partial charge in [0.1, 0.15) is 0 Å². The Morgan fingerprint density at radius 1 is 1.38 bits per heavy atom. The molecular weight excluding hydrogens is 268 g/mol. The molecule has 1 aromatic heterocycles. The lowest BCUT2D eigenvalue weighted by Gasteiger charge is -2.38. The third kappa shape index (κ3) is 2.99. The number of piperidine rings is 1. The number of amides is 1. The van der Waals surface area contributed by atoms with Crippen LogP contribution >= 0.6 is 0 Å². The first kappa shape index (κ1) is 14.6. The Morgan fingerprint density at radius 3 is 3.05 bits per heavy atom. The normalized spacial score (nSPS) is 26.9. The Labute approximate surface area is 125 Å². The molecule has 0 aromatic carbocycles. The van der Waals surface area contributed by atoms with Gasteiger partial charge in [-0.15, -0.1) is 0 Å². The largest absolute Gasteiger partial charge is 0.472 e. The summed E-state index contributed by atoms with van der Waals surface area (Å²) in [6.07, 6.45) is 6.61. The molecular formula is C16H24N2O3. The molecule has 3 heterocycles. The van der Waals surface area contributed by atoms with Crippen LogP contribution in [0.25, 0.3) is 0 Å². The second-order valence-corrected chi connectivity index (χ2v) is 6.26. The van der Waals surface area contributed by atoms with Crippen LogP contribution < -0.4 is 0 Å². The molecule has 2 saturated heterocycles. The summed E-state index contributed by atoms with van der Waals surface area (Å²) in [7, 11) is 1.68. The first-order valence-electron chi connectivity index (χ1n) is 7.75. The molecule has 2 aliphatic rings. The zero-order valence-corrected chi connectivity index (χ0v) is 12.7. The molecule has 1 atom stereocenters. The van der Waals surface area contributed by atoms with Gasteiger partial charge in [-0.2, -0.15) is 0 Å². The van der Waals surface area contributed by atoms with Crippen molar-refractivity contribution in [2.24, 2.45) is 5.41 Å².